The van der Waals surface area contributed by atoms with Gasteiger partial charge in [0.05, 0.1) is 34.9 Å². The number of methoxy groups -OCH3 is 1. The minimum atomic E-state index is -3.61. The Morgan fingerprint density at radius 1 is 1.07 bits per heavy atom. The Morgan fingerprint density at radius 3 is 2.43 bits per heavy atom. The molecule has 1 saturated heterocycles. The van der Waals surface area contributed by atoms with Gasteiger partial charge in [-0.2, -0.15) is 4.31 Å². The number of rotatable bonds is 7. The van der Waals surface area contributed by atoms with Crippen LogP contribution in [0.15, 0.2) is 47.4 Å². The number of hydrogen-bond acceptors (Lipinski definition) is 5. The van der Waals surface area contributed by atoms with E-state index < -0.39 is 10.0 Å². The van der Waals surface area contributed by atoms with Crippen LogP contribution in [0.25, 0.3) is 0 Å². The van der Waals surface area contributed by atoms with Crippen LogP contribution in [-0.2, 0) is 14.8 Å². The molecule has 0 bridgehead atoms. The van der Waals surface area contributed by atoms with E-state index in [0.717, 1.165) is 25.7 Å². The lowest BCUT2D eigenvalue weighted by atomic mass is 10.2. The topological polar surface area (TPSA) is 87.7 Å². The molecule has 0 radical (unpaired) electrons. The number of nitrogens with zero attached hydrogens (tertiary/aromatic N) is 1. The van der Waals surface area contributed by atoms with Gasteiger partial charge >= 0.3 is 0 Å². The number of nitrogens with one attached hydrogen (secondary N) is 2. The summed E-state index contributed by atoms with van der Waals surface area (Å²) in [7, 11) is -2.11. The van der Waals surface area contributed by atoms with Crippen molar-refractivity contribution in [2.24, 2.45) is 0 Å². The number of halogens is 1. The van der Waals surface area contributed by atoms with Crippen LogP contribution in [0, 0.1) is 0 Å². The summed E-state index contributed by atoms with van der Waals surface area (Å²) in [5.41, 5.74) is 0.943. The molecule has 0 aliphatic carbocycles. The zero-order valence-electron chi connectivity index (χ0n) is 16.9. The Labute approximate surface area is 182 Å². The quantitative estimate of drug-likeness (QED) is 0.665. The number of hydrogen-bond donors (Lipinski definition) is 2. The minimum absolute atomic E-state index is 0.0746. The molecule has 30 heavy (non-hydrogen) atoms. The highest BCUT2D eigenvalue weighted by molar-refractivity contribution is 7.89. The van der Waals surface area contributed by atoms with Gasteiger partial charge in [0.1, 0.15) is 5.75 Å². The molecule has 0 unspecified atom stereocenters. The molecular formula is C21H26ClN3O4S. The predicted molar refractivity (Wildman–Crippen MR) is 119 cm³/mol. The van der Waals surface area contributed by atoms with Gasteiger partial charge in [0.25, 0.3) is 0 Å². The van der Waals surface area contributed by atoms with Crippen LogP contribution in [0.2, 0.25) is 5.02 Å². The smallest absolute Gasteiger partial charge is 0.243 e. The Bertz CT molecular complexity index is 989. The van der Waals surface area contributed by atoms with Gasteiger partial charge in [-0.3, -0.25) is 4.79 Å². The maximum Gasteiger partial charge on any atom is 0.243 e. The number of ether oxygens (including phenoxy) is 1. The fourth-order valence-electron chi connectivity index (χ4n) is 3.35. The van der Waals surface area contributed by atoms with Crippen molar-refractivity contribution in [3.8, 4) is 5.75 Å². The third kappa shape index (κ3) is 5.44. The highest BCUT2D eigenvalue weighted by Gasteiger charge is 2.26. The third-order valence-corrected chi connectivity index (χ3v) is 7.19. The van der Waals surface area contributed by atoms with Crippen molar-refractivity contribution >= 4 is 38.9 Å². The normalized spacial score (nSPS) is 15.3. The average Bonchev–Trinajstić information content (AvgIpc) is 3.04. The van der Waals surface area contributed by atoms with Gasteiger partial charge in [0, 0.05) is 13.1 Å². The number of carbonyl (C=O) groups excluding carboxylic acids is 1. The van der Waals surface area contributed by atoms with E-state index in [1.807, 2.05) is 0 Å². The molecule has 1 heterocycles. The van der Waals surface area contributed by atoms with Gasteiger partial charge in [-0.1, -0.05) is 36.6 Å². The van der Waals surface area contributed by atoms with Crippen LogP contribution in [-0.4, -0.2) is 45.4 Å². The standard InChI is InChI=1S/C21H26ClN3O4S/c1-29-20-11-10-16(30(27,28)25-12-6-2-3-7-13-25)14-19(20)23-15-21(26)24-18-9-5-4-8-17(18)22/h4-5,8-11,14,23H,2-3,6-7,12-13,15H2,1H3,(H,24,26). The second-order valence-electron chi connectivity index (χ2n) is 7.06. The van der Waals surface area contributed by atoms with Crippen LogP contribution in [0.1, 0.15) is 25.7 Å². The van der Waals surface area contributed by atoms with Crippen LogP contribution < -0.4 is 15.4 Å². The van der Waals surface area contributed by atoms with Crippen molar-refractivity contribution in [2.75, 3.05) is 37.4 Å². The molecular weight excluding hydrogens is 426 g/mol. The summed E-state index contributed by atoms with van der Waals surface area (Å²) in [5.74, 6) is 0.140. The monoisotopic (exact) mass is 451 g/mol. The molecule has 2 aromatic rings. The highest BCUT2D eigenvalue weighted by atomic mass is 35.5. The van der Waals surface area contributed by atoms with Crippen molar-refractivity contribution in [2.45, 2.75) is 30.6 Å². The Morgan fingerprint density at radius 2 is 1.77 bits per heavy atom. The lowest BCUT2D eigenvalue weighted by molar-refractivity contribution is -0.114. The Balaban J connectivity index is 1.74. The molecule has 9 heteroatoms. The number of anilines is 2. The lowest BCUT2D eigenvalue weighted by Crippen LogP contribution is -2.32. The van der Waals surface area contributed by atoms with E-state index in [0.29, 0.717) is 35.2 Å². The number of para-hydroxylation sites is 1. The molecule has 0 saturated carbocycles. The fraction of sp³-hybridized carbons (Fsp3) is 0.381. The van der Waals surface area contributed by atoms with Crippen molar-refractivity contribution < 1.29 is 17.9 Å². The Kier molecular flexibility index (Phi) is 7.58. The van der Waals surface area contributed by atoms with E-state index in [1.54, 1.807) is 30.3 Å². The third-order valence-electron chi connectivity index (χ3n) is 4.96. The number of sulfonamides is 1. The van der Waals surface area contributed by atoms with Gasteiger partial charge in [-0.25, -0.2) is 8.42 Å². The molecule has 7 nitrogen and oxygen atoms in total. The minimum Gasteiger partial charge on any atom is -0.495 e. The summed E-state index contributed by atoms with van der Waals surface area (Å²) in [6.07, 6.45) is 3.81. The largest absolute Gasteiger partial charge is 0.495 e. The molecule has 1 fully saturated rings. The van der Waals surface area contributed by atoms with Crippen LogP contribution in [0.3, 0.4) is 0 Å². The van der Waals surface area contributed by atoms with Gasteiger partial charge in [-0.15, -0.1) is 0 Å². The van der Waals surface area contributed by atoms with Crippen LogP contribution >= 0.6 is 11.6 Å². The maximum atomic E-state index is 13.1. The first kappa shape index (κ1) is 22.4. The second-order valence-corrected chi connectivity index (χ2v) is 9.41. The zero-order chi connectivity index (χ0) is 21.6. The molecule has 1 aliphatic rings. The zero-order valence-corrected chi connectivity index (χ0v) is 18.4. The average molecular weight is 452 g/mol. The van der Waals surface area contributed by atoms with E-state index in [1.165, 1.54) is 23.5 Å². The molecule has 2 aromatic carbocycles. The molecule has 0 aromatic heterocycles. The van der Waals surface area contributed by atoms with Gasteiger partial charge in [0.15, 0.2) is 0 Å². The summed E-state index contributed by atoms with van der Waals surface area (Å²) < 4.78 is 33.0. The lowest BCUT2D eigenvalue weighted by Gasteiger charge is -2.21. The van der Waals surface area contributed by atoms with E-state index in [2.05, 4.69) is 10.6 Å². The first-order valence-electron chi connectivity index (χ1n) is 9.88. The first-order chi connectivity index (χ1) is 14.4. The molecule has 2 N–H and O–H groups in total. The van der Waals surface area contributed by atoms with E-state index >= 15 is 0 Å². The summed E-state index contributed by atoms with van der Waals surface area (Å²) in [6, 6.07) is 11.6. The Hall–Kier alpha value is -2.29. The molecule has 3 rings (SSSR count). The fourth-order valence-corrected chi connectivity index (χ4v) is 5.08. The van der Waals surface area contributed by atoms with Crippen LogP contribution in [0.5, 0.6) is 5.75 Å². The van der Waals surface area contributed by atoms with Crippen molar-refractivity contribution in [3.05, 3.63) is 47.5 Å². The van der Waals surface area contributed by atoms with Crippen molar-refractivity contribution in [3.63, 3.8) is 0 Å². The van der Waals surface area contributed by atoms with Crippen LogP contribution in [0.4, 0.5) is 11.4 Å². The van der Waals surface area contributed by atoms with E-state index in [4.69, 9.17) is 16.3 Å². The molecule has 162 valence electrons. The first-order valence-corrected chi connectivity index (χ1v) is 11.7. The molecule has 1 amide bonds. The SMILES string of the molecule is COc1ccc(S(=O)(=O)N2CCCCCC2)cc1NCC(=O)Nc1ccccc1Cl. The van der Waals surface area contributed by atoms with Crippen molar-refractivity contribution in [1.29, 1.82) is 0 Å². The summed E-state index contributed by atoms with van der Waals surface area (Å²) in [5, 5.41) is 6.13. The highest BCUT2D eigenvalue weighted by Crippen LogP contribution is 2.30. The van der Waals surface area contributed by atoms with E-state index in [-0.39, 0.29) is 17.3 Å². The summed E-state index contributed by atoms with van der Waals surface area (Å²) in [4.78, 5) is 12.5. The second kappa shape index (κ2) is 10.1. The molecule has 0 atom stereocenters. The summed E-state index contributed by atoms with van der Waals surface area (Å²) in [6.45, 7) is 0.976. The van der Waals surface area contributed by atoms with Gasteiger partial charge in [0.2, 0.25) is 15.9 Å². The number of amides is 1. The molecule has 1 aliphatic heterocycles. The summed E-state index contributed by atoms with van der Waals surface area (Å²) >= 11 is 6.06. The molecule has 0 spiro atoms. The number of carbonyl (C=O) groups is 1. The predicted octanol–water partition coefficient (Wildman–Crippen LogP) is 3.96. The van der Waals surface area contributed by atoms with Gasteiger partial charge < -0.3 is 15.4 Å². The van der Waals surface area contributed by atoms with Gasteiger partial charge in [-0.05, 0) is 43.2 Å². The number of benzene rings is 2. The maximum absolute atomic E-state index is 13.1. The van der Waals surface area contributed by atoms with Crippen molar-refractivity contribution in [1.82, 2.24) is 4.31 Å². The van der Waals surface area contributed by atoms with E-state index in [9.17, 15) is 13.2 Å².